The lowest BCUT2D eigenvalue weighted by Gasteiger charge is -2.29. The predicted octanol–water partition coefficient (Wildman–Crippen LogP) is 3.17. The summed E-state index contributed by atoms with van der Waals surface area (Å²) in [5, 5.41) is 2.63. The number of ether oxygens (including phenoxy) is 1. The minimum absolute atomic E-state index is 0.142. The van der Waals surface area contributed by atoms with Crippen LogP contribution in [0.3, 0.4) is 0 Å². The summed E-state index contributed by atoms with van der Waals surface area (Å²) in [5.74, 6) is 0.638. The maximum Gasteiger partial charge on any atom is 0.263 e. The molecule has 6 heteroatoms. The van der Waals surface area contributed by atoms with Crippen molar-refractivity contribution >= 4 is 46.0 Å². The summed E-state index contributed by atoms with van der Waals surface area (Å²) in [6, 6.07) is 6.15. The second-order valence-corrected chi connectivity index (χ2v) is 7.05. The van der Waals surface area contributed by atoms with Gasteiger partial charge in [0.25, 0.3) is 5.91 Å². The van der Waals surface area contributed by atoms with Crippen molar-refractivity contribution in [3.63, 3.8) is 0 Å². The van der Waals surface area contributed by atoms with Crippen molar-refractivity contribution in [2.45, 2.75) is 19.3 Å². The molecular weight excluding hydrogens is 316 g/mol. The highest BCUT2D eigenvalue weighted by Gasteiger charge is 2.22. The lowest BCUT2D eigenvalue weighted by atomic mass is 10.1. The first-order valence-electron chi connectivity index (χ1n) is 7.35. The molecule has 2 fully saturated rings. The number of hydrogen-bond acceptors (Lipinski definition) is 5. The Hall–Kier alpha value is -1.53. The number of anilines is 1. The first kappa shape index (κ1) is 15.4. The van der Waals surface area contributed by atoms with E-state index in [2.05, 4.69) is 16.3 Å². The van der Waals surface area contributed by atoms with Crippen LogP contribution in [0, 0.1) is 0 Å². The molecule has 2 heterocycles. The molecule has 0 radical (unpaired) electrons. The first-order valence-corrected chi connectivity index (χ1v) is 8.58. The van der Waals surface area contributed by atoms with Crippen molar-refractivity contribution in [1.29, 1.82) is 0 Å². The van der Waals surface area contributed by atoms with Crippen LogP contribution in [0.1, 0.15) is 24.8 Å². The summed E-state index contributed by atoms with van der Waals surface area (Å²) in [7, 11) is 1.66. The smallest absolute Gasteiger partial charge is 0.263 e. The van der Waals surface area contributed by atoms with Crippen molar-refractivity contribution in [3.05, 3.63) is 28.7 Å². The average molecular weight is 334 g/mol. The zero-order chi connectivity index (χ0) is 15.5. The Kier molecular flexibility index (Phi) is 4.69. The van der Waals surface area contributed by atoms with E-state index < -0.39 is 0 Å². The Morgan fingerprint density at radius 2 is 2.09 bits per heavy atom. The van der Waals surface area contributed by atoms with Crippen LogP contribution in [0.2, 0.25) is 0 Å². The topological polar surface area (TPSA) is 41.6 Å². The number of carbonyl (C=O) groups excluding carboxylic acids is 1. The predicted molar refractivity (Wildman–Crippen MR) is 95.4 cm³/mol. The summed E-state index contributed by atoms with van der Waals surface area (Å²) < 4.78 is 6.00. The van der Waals surface area contributed by atoms with Crippen molar-refractivity contribution in [2.75, 3.05) is 25.1 Å². The lowest BCUT2D eigenvalue weighted by molar-refractivity contribution is -0.115. The van der Waals surface area contributed by atoms with Gasteiger partial charge in [-0.05, 0) is 37.5 Å². The van der Waals surface area contributed by atoms with Crippen LogP contribution >= 0.6 is 24.0 Å². The third kappa shape index (κ3) is 3.28. The van der Waals surface area contributed by atoms with E-state index in [4.69, 9.17) is 17.0 Å². The monoisotopic (exact) mass is 334 g/mol. The van der Waals surface area contributed by atoms with Crippen LogP contribution < -0.4 is 15.0 Å². The number of nitrogens with one attached hydrogen (secondary N) is 1. The van der Waals surface area contributed by atoms with Crippen LogP contribution in [0.5, 0.6) is 5.75 Å². The SMILES string of the molecule is COc1cc(N2CCCCC2)ccc1C=C1SC(=S)NC1=O. The van der Waals surface area contributed by atoms with Gasteiger partial charge in [-0.15, -0.1) is 0 Å². The van der Waals surface area contributed by atoms with Gasteiger partial charge >= 0.3 is 0 Å². The van der Waals surface area contributed by atoms with Crippen molar-refractivity contribution in [2.24, 2.45) is 0 Å². The largest absolute Gasteiger partial charge is 0.496 e. The first-order chi connectivity index (χ1) is 10.7. The second-order valence-electron chi connectivity index (χ2n) is 5.33. The van der Waals surface area contributed by atoms with Gasteiger partial charge in [-0.1, -0.05) is 24.0 Å². The van der Waals surface area contributed by atoms with Crippen LogP contribution in [0.15, 0.2) is 23.1 Å². The standard InChI is InChI=1S/C16H18N2O2S2/c1-20-13-10-12(18-7-3-2-4-8-18)6-5-11(13)9-14-15(19)17-16(21)22-14/h5-6,9-10H,2-4,7-8H2,1H3,(H,17,19,21). The fourth-order valence-corrected chi connectivity index (χ4v) is 3.77. The second kappa shape index (κ2) is 6.71. The third-order valence-electron chi connectivity index (χ3n) is 3.87. The summed E-state index contributed by atoms with van der Waals surface area (Å²) in [6.45, 7) is 2.19. The number of thiocarbonyl (C=S) groups is 1. The van der Waals surface area contributed by atoms with Gasteiger partial charge in [-0.3, -0.25) is 4.79 Å². The van der Waals surface area contributed by atoms with E-state index >= 15 is 0 Å². The fourth-order valence-electron chi connectivity index (χ4n) is 2.73. The molecule has 0 aliphatic carbocycles. The normalized spacial score (nSPS) is 20.4. The fraction of sp³-hybridized carbons (Fsp3) is 0.375. The minimum Gasteiger partial charge on any atom is -0.496 e. The molecule has 3 rings (SSSR count). The summed E-state index contributed by atoms with van der Waals surface area (Å²) in [5.41, 5.74) is 2.07. The van der Waals surface area contributed by atoms with Gasteiger partial charge in [0.2, 0.25) is 0 Å². The van der Waals surface area contributed by atoms with Gasteiger partial charge in [0.1, 0.15) is 10.1 Å². The summed E-state index contributed by atoms with van der Waals surface area (Å²) in [6.07, 6.45) is 5.62. The molecule has 0 atom stereocenters. The minimum atomic E-state index is -0.142. The zero-order valence-electron chi connectivity index (χ0n) is 12.4. The highest BCUT2D eigenvalue weighted by Crippen LogP contribution is 2.32. The average Bonchev–Trinajstić information content (AvgIpc) is 2.86. The van der Waals surface area contributed by atoms with Gasteiger partial charge in [0, 0.05) is 30.4 Å². The maximum atomic E-state index is 11.8. The molecule has 2 aliphatic rings. The molecule has 1 aromatic rings. The zero-order valence-corrected chi connectivity index (χ0v) is 14.1. The Bertz CT molecular complexity index is 637. The van der Waals surface area contributed by atoms with Crippen LogP contribution in [0.25, 0.3) is 6.08 Å². The number of carbonyl (C=O) groups is 1. The van der Waals surface area contributed by atoms with Crippen molar-refractivity contribution in [3.8, 4) is 5.75 Å². The molecule has 2 saturated heterocycles. The van der Waals surface area contributed by atoms with Gasteiger partial charge in [-0.2, -0.15) is 0 Å². The molecular formula is C16H18N2O2S2. The van der Waals surface area contributed by atoms with Crippen molar-refractivity contribution in [1.82, 2.24) is 5.32 Å². The van der Waals surface area contributed by atoms with E-state index in [9.17, 15) is 4.79 Å². The highest BCUT2D eigenvalue weighted by molar-refractivity contribution is 8.26. The van der Waals surface area contributed by atoms with E-state index in [0.717, 1.165) is 24.4 Å². The Morgan fingerprint density at radius 3 is 2.73 bits per heavy atom. The van der Waals surface area contributed by atoms with Crippen LogP contribution in [-0.4, -0.2) is 30.4 Å². The van der Waals surface area contributed by atoms with Gasteiger partial charge < -0.3 is 15.0 Å². The molecule has 0 unspecified atom stereocenters. The number of rotatable bonds is 3. The molecule has 1 N–H and O–H groups in total. The molecule has 4 nitrogen and oxygen atoms in total. The van der Waals surface area contributed by atoms with E-state index in [-0.39, 0.29) is 5.91 Å². The summed E-state index contributed by atoms with van der Waals surface area (Å²) in [4.78, 5) is 14.8. The maximum absolute atomic E-state index is 11.8. The molecule has 22 heavy (non-hydrogen) atoms. The molecule has 0 aromatic heterocycles. The van der Waals surface area contributed by atoms with Crippen molar-refractivity contribution < 1.29 is 9.53 Å². The van der Waals surface area contributed by atoms with Crippen LogP contribution in [0.4, 0.5) is 5.69 Å². The van der Waals surface area contributed by atoms with E-state index in [1.54, 1.807) is 7.11 Å². The van der Waals surface area contributed by atoms with Gasteiger partial charge in [-0.25, -0.2) is 0 Å². The number of piperidine rings is 1. The molecule has 0 saturated carbocycles. The number of methoxy groups -OCH3 is 1. The number of amides is 1. The Balaban J connectivity index is 1.87. The molecule has 1 aromatic carbocycles. The number of thioether (sulfide) groups is 1. The van der Waals surface area contributed by atoms with E-state index in [1.807, 2.05) is 18.2 Å². The lowest BCUT2D eigenvalue weighted by Crippen LogP contribution is -2.29. The molecule has 1 amide bonds. The quantitative estimate of drug-likeness (QED) is 0.679. The van der Waals surface area contributed by atoms with Gasteiger partial charge in [0.15, 0.2) is 0 Å². The van der Waals surface area contributed by atoms with Gasteiger partial charge in [0.05, 0.1) is 12.0 Å². The Morgan fingerprint density at radius 1 is 1.32 bits per heavy atom. The third-order valence-corrected chi connectivity index (χ3v) is 5.03. The molecule has 2 aliphatic heterocycles. The molecule has 0 spiro atoms. The molecule has 116 valence electrons. The molecule has 0 bridgehead atoms. The summed E-state index contributed by atoms with van der Waals surface area (Å²) >= 11 is 6.29. The Labute approximate surface area is 139 Å². The van der Waals surface area contributed by atoms with E-state index in [1.165, 1.54) is 36.7 Å². The van der Waals surface area contributed by atoms with E-state index in [0.29, 0.717) is 9.23 Å². The highest BCUT2D eigenvalue weighted by atomic mass is 32.2. The number of benzene rings is 1. The number of nitrogens with zero attached hydrogens (tertiary/aromatic N) is 1. The number of hydrogen-bond donors (Lipinski definition) is 1. The van der Waals surface area contributed by atoms with Crippen LogP contribution in [-0.2, 0) is 4.79 Å².